The van der Waals surface area contributed by atoms with Crippen LogP contribution >= 0.6 is 0 Å². The quantitative estimate of drug-likeness (QED) is 0.157. The molecule has 0 radical (unpaired) electrons. The molecule has 1 unspecified atom stereocenters. The van der Waals surface area contributed by atoms with Crippen molar-refractivity contribution in [2.75, 3.05) is 0 Å². The highest BCUT2D eigenvalue weighted by molar-refractivity contribution is 5.24. The van der Waals surface area contributed by atoms with Gasteiger partial charge < -0.3 is 0 Å². The van der Waals surface area contributed by atoms with Gasteiger partial charge in [0.05, 0.1) is 13.0 Å². The van der Waals surface area contributed by atoms with Crippen molar-refractivity contribution in [1.82, 2.24) is 4.57 Å². The van der Waals surface area contributed by atoms with Gasteiger partial charge in [-0.15, -0.1) is 0 Å². The van der Waals surface area contributed by atoms with E-state index in [1.54, 1.807) is 0 Å². The Labute approximate surface area is 205 Å². The predicted molar refractivity (Wildman–Crippen MR) is 142 cm³/mol. The predicted octanol–water partition coefficient (Wildman–Crippen LogP) is 7.34. The fourth-order valence-electron chi connectivity index (χ4n) is 4.86. The summed E-state index contributed by atoms with van der Waals surface area (Å²) in [5.41, 5.74) is 5.58. The number of hydrogen-bond acceptors (Lipinski definition) is 0. The fourth-order valence-corrected chi connectivity index (χ4v) is 4.86. The van der Waals surface area contributed by atoms with E-state index in [0.29, 0.717) is 5.92 Å². The Bertz CT molecular complexity index is 1110. The molecule has 0 fully saturated rings. The van der Waals surface area contributed by atoms with Crippen LogP contribution in [0.25, 0.3) is 0 Å². The highest BCUT2D eigenvalue weighted by atomic mass is 15.2. The molecule has 0 bridgehead atoms. The first-order valence-corrected chi connectivity index (χ1v) is 13.0. The van der Waals surface area contributed by atoms with Crippen molar-refractivity contribution in [1.29, 1.82) is 0 Å². The molecule has 176 valence electrons. The molecule has 4 rings (SSSR count). The second-order valence-electron chi connectivity index (χ2n) is 9.54. The molecule has 2 nitrogen and oxygen atoms in total. The van der Waals surface area contributed by atoms with E-state index < -0.39 is 0 Å². The molecule has 34 heavy (non-hydrogen) atoms. The number of benzene rings is 3. The van der Waals surface area contributed by atoms with Crippen LogP contribution in [-0.2, 0) is 25.9 Å². The molecule has 0 spiro atoms. The Morgan fingerprint density at radius 2 is 1.35 bits per heavy atom. The maximum Gasteiger partial charge on any atom is 0.261 e. The Morgan fingerprint density at radius 3 is 2.00 bits per heavy atom. The Hall–Kier alpha value is -3.13. The van der Waals surface area contributed by atoms with E-state index >= 15 is 0 Å². The van der Waals surface area contributed by atoms with Crippen LogP contribution in [0.5, 0.6) is 0 Å². The third-order valence-corrected chi connectivity index (χ3v) is 6.82. The summed E-state index contributed by atoms with van der Waals surface area (Å²) < 4.78 is 5.15. The first-order chi connectivity index (χ1) is 16.7. The van der Waals surface area contributed by atoms with Gasteiger partial charge in [0, 0.05) is 6.42 Å². The van der Waals surface area contributed by atoms with Crippen LogP contribution in [0.15, 0.2) is 97.2 Å². The smallest absolute Gasteiger partial charge is 0.234 e. The minimum Gasteiger partial charge on any atom is -0.234 e. The van der Waals surface area contributed by atoms with Gasteiger partial charge in [-0.3, -0.25) is 0 Å². The number of hydrogen-bond donors (Lipinski definition) is 0. The van der Waals surface area contributed by atoms with Crippen LogP contribution in [0.4, 0.5) is 0 Å². The van der Waals surface area contributed by atoms with Gasteiger partial charge in [-0.1, -0.05) is 118 Å². The number of rotatable bonds is 12. The van der Waals surface area contributed by atoms with E-state index in [9.17, 15) is 0 Å². The molecule has 1 atom stereocenters. The van der Waals surface area contributed by atoms with Crippen molar-refractivity contribution in [3.05, 3.63) is 125 Å². The van der Waals surface area contributed by atoms with Gasteiger partial charge in [-0.05, 0) is 35.4 Å². The number of imidazole rings is 1. The number of aryl methyl sites for hydroxylation is 1. The third kappa shape index (κ3) is 6.47. The summed E-state index contributed by atoms with van der Waals surface area (Å²) in [7, 11) is 0. The van der Waals surface area contributed by atoms with E-state index in [4.69, 9.17) is 0 Å². The van der Waals surface area contributed by atoms with Gasteiger partial charge in [0.1, 0.15) is 18.4 Å². The molecule has 0 aliphatic heterocycles. The first-order valence-electron chi connectivity index (χ1n) is 13.0. The van der Waals surface area contributed by atoms with Crippen molar-refractivity contribution in [2.24, 2.45) is 0 Å². The van der Waals surface area contributed by atoms with Gasteiger partial charge in [0.25, 0.3) is 5.82 Å². The summed E-state index contributed by atoms with van der Waals surface area (Å²) >= 11 is 0. The zero-order valence-electron chi connectivity index (χ0n) is 20.9. The van der Waals surface area contributed by atoms with Crippen LogP contribution in [0, 0.1) is 0 Å². The van der Waals surface area contributed by atoms with Crippen LogP contribution < -0.4 is 4.57 Å². The molecule has 1 aromatic heterocycles. The largest absolute Gasteiger partial charge is 0.261 e. The zero-order chi connectivity index (χ0) is 23.6. The highest BCUT2D eigenvalue weighted by Crippen LogP contribution is 2.22. The normalized spacial score (nSPS) is 12.1. The minimum atomic E-state index is 0.476. The van der Waals surface area contributed by atoms with Crippen LogP contribution in [-0.4, -0.2) is 4.57 Å². The van der Waals surface area contributed by atoms with Crippen LogP contribution in [0.1, 0.15) is 73.7 Å². The topological polar surface area (TPSA) is 8.81 Å². The van der Waals surface area contributed by atoms with Gasteiger partial charge in [-0.25, -0.2) is 9.13 Å². The van der Waals surface area contributed by atoms with Gasteiger partial charge >= 0.3 is 0 Å². The van der Waals surface area contributed by atoms with Crippen molar-refractivity contribution in [2.45, 2.75) is 71.4 Å². The number of nitrogens with zero attached hydrogens (tertiary/aromatic N) is 2. The summed E-state index contributed by atoms with van der Waals surface area (Å²) in [5, 5.41) is 0. The SMILES string of the molecule is CCCCCC[n+]1cc(CC(C)c2ccccc2)n(Cc2ccccc2)c1Cc1ccccc1. The van der Waals surface area contributed by atoms with Crippen molar-refractivity contribution in [3.8, 4) is 0 Å². The maximum absolute atomic E-state index is 2.60. The number of aromatic nitrogens is 2. The lowest BCUT2D eigenvalue weighted by Gasteiger charge is -2.12. The molecular formula is C32H39N2+. The van der Waals surface area contributed by atoms with Crippen LogP contribution in [0.2, 0.25) is 0 Å². The monoisotopic (exact) mass is 451 g/mol. The van der Waals surface area contributed by atoms with E-state index in [2.05, 4.69) is 120 Å². The summed E-state index contributed by atoms with van der Waals surface area (Å²) in [6.45, 7) is 6.66. The summed E-state index contributed by atoms with van der Waals surface area (Å²) in [6, 6.07) is 32.8. The van der Waals surface area contributed by atoms with Gasteiger partial charge in [0.2, 0.25) is 0 Å². The van der Waals surface area contributed by atoms with Crippen molar-refractivity contribution < 1.29 is 4.57 Å². The standard InChI is InChI=1S/C32H39N2/c1-3-4-5-15-22-33-26-31(23-27(2)30-20-13-8-14-21-30)34(25-29-18-11-7-12-19-29)32(33)24-28-16-9-6-10-17-28/h6-14,16-21,26-27H,3-5,15,22-25H2,1-2H3/q+1. The molecule has 0 amide bonds. The first kappa shape index (κ1) is 24.0. The molecule has 0 N–H and O–H groups in total. The van der Waals surface area contributed by atoms with Gasteiger partial charge in [-0.2, -0.15) is 0 Å². The Kier molecular flexibility index (Phi) is 8.73. The summed E-state index contributed by atoms with van der Waals surface area (Å²) in [5.74, 6) is 1.89. The minimum absolute atomic E-state index is 0.476. The summed E-state index contributed by atoms with van der Waals surface area (Å²) in [6.07, 6.45) is 9.58. The molecule has 0 saturated carbocycles. The van der Waals surface area contributed by atoms with E-state index in [1.165, 1.54) is 53.9 Å². The molecule has 0 aliphatic carbocycles. The average molecular weight is 452 g/mol. The number of unbranched alkanes of at least 4 members (excludes halogenated alkanes) is 3. The van der Waals surface area contributed by atoms with Crippen molar-refractivity contribution >= 4 is 0 Å². The Balaban J connectivity index is 1.71. The molecule has 0 saturated heterocycles. The molecule has 0 aliphatic rings. The summed E-state index contributed by atoms with van der Waals surface area (Å²) in [4.78, 5) is 0. The van der Waals surface area contributed by atoms with Crippen LogP contribution in [0.3, 0.4) is 0 Å². The molecule has 1 heterocycles. The molecular weight excluding hydrogens is 412 g/mol. The lowest BCUT2D eigenvalue weighted by atomic mass is 9.96. The molecule has 3 aromatic carbocycles. The highest BCUT2D eigenvalue weighted by Gasteiger charge is 2.25. The fraction of sp³-hybridized carbons (Fsp3) is 0.344. The second-order valence-corrected chi connectivity index (χ2v) is 9.54. The second kappa shape index (κ2) is 12.4. The maximum atomic E-state index is 2.60. The average Bonchev–Trinajstić information content (AvgIpc) is 3.19. The molecule has 4 aromatic rings. The van der Waals surface area contributed by atoms with E-state index in [1.807, 2.05) is 0 Å². The third-order valence-electron chi connectivity index (χ3n) is 6.82. The van der Waals surface area contributed by atoms with E-state index in [-0.39, 0.29) is 0 Å². The van der Waals surface area contributed by atoms with Gasteiger partial charge in [0.15, 0.2) is 0 Å². The Morgan fingerprint density at radius 1 is 0.735 bits per heavy atom. The lowest BCUT2D eigenvalue weighted by molar-refractivity contribution is -0.704. The lowest BCUT2D eigenvalue weighted by Crippen LogP contribution is -2.37. The molecule has 2 heteroatoms. The zero-order valence-corrected chi connectivity index (χ0v) is 20.9. The van der Waals surface area contributed by atoms with Crippen molar-refractivity contribution in [3.63, 3.8) is 0 Å². The van der Waals surface area contributed by atoms with E-state index in [0.717, 1.165) is 25.9 Å².